The lowest BCUT2D eigenvalue weighted by atomic mass is 10.1. The molecule has 1 rings (SSSR count). The summed E-state index contributed by atoms with van der Waals surface area (Å²) in [5, 5.41) is 8.28. The van der Waals surface area contributed by atoms with Crippen molar-refractivity contribution in [1.82, 2.24) is 4.72 Å². The van der Waals surface area contributed by atoms with Crippen LogP contribution in [-0.4, -0.2) is 25.4 Å². The lowest BCUT2D eigenvalue weighted by Gasteiger charge is -2.03. The number of aryl methyl sites for hydroxylation is 1. The van der Waals surface area contributed by atoms with Gasteiger partial charge >= 0.3 is 6.09 Å². The summed E-state index contributed by atoms with van der Waals surface area (Å²) < 4.78 is 23.8. The molecule has 1 aromatic rings. The smallest absolute Gasteiger partial charge is 0.418 e. The van der Waals surface area contributed by atoms with Crippen molar-refractivity contribution in [2.45, 2.75) is 12.8 Å². The Balaban J connectivity index is 2.39. The fourth-order valence-corrected chi connectivity index (χ4v) is 2.19. The molecule has 0 aliphatic heterocycles. The number of nitrogens with one attached hydrogen (secondary N) is 1. The molecule has 0 unspecified atom stereocenters. The van der Waals surface area contributed by atoms with Gasteiger partial charge in [0, 0.05) is 0 Å². The Bertz CT molecular complexity index is 441. The highest BCUT2D eigenvalue weighted by atomic mass is 32.2. The van der Waals surface area contributed by atoms with E-state index < -0.39 is 16.1 Å². The van der Waals surface area contributed by atoms with Crippen LogP contribution in [0.5, 0.6) is 0 Å². The van der Waals surface area contributed by atoms with E-state index in [1.54, 1.807) is 0 Å². The lowest BCUT2D eigenvalue weighted by Crippen LogP contribution is -2.31. The SMILES string of the molecule is O=C(O)NS(=O)(=O)CCCc1ccccc1. The third kappa shape index (κ3) is 4.79. The quantitative estimate of drug-likeness (QED) is 0.814. The Morgan fingerprint density at radius 3 is 2.44 bits per heavy atom. The van der Waals surface area contributed by atoms with Crippen molar-refractivity contribution in [1.29, 1.82) is 0 Å². The molecule has 0 atom stereocenters. The predicted octanol–water partition coefficient (Wildman–Crippen LogP) is 1.22. The summed E-state index contributed by atoms with van der Waals surface area (Å²) in [6.45, 7) is 0. The third-order valence-electron chi connectivity index (χ3n) is 1.96. The average molecular weight is 243 g/mol. The maximum Gasteiger partial charge on any atom is 0.418 e. The molecule has 1 amide bonds. The van der Waals surface area contributed by atoms with E-state index in [1.807, 2.05) is 30.3 Å². The molecule has 0 aliphatic rings. The molecule has 0 fully saturated rings. The van der Waals surface area contributed by atoms with Crippen LogP contribution in [0.4, 0.5) is 4.79 Å². The predicted molar refractivity (Wildman–Crippen MR) is 59.7 cm³/mol. The van der Waals surface area contributed by atoms with Crippen LogP contribution in [0, 0.1) is 0 Å². The van der Waals surface area contributed by atoms with Crippen LogP contribution >= 0.6 is 0 Å². The van der Waals surface area contributed by atoms with Crippen molar-refractivity contribution in [3.63, 3.8) is 0 Å². The van der Waals surface area contributed by atoms with Gasteiger partial charge in [-0.25, -0.2) is 17.9 Å². The lowest BCUT2D eigenvalue weighted by molar-refractivity contribution is 0.201. The molecular weight excluding hydrogens is 230 g/mol. The Hall–Kier alpha value is -1.56. The van der Waals surface area contributed by atoms with E-state index in [2.05, 4.69) is 0 Å². The minimum absolute atomic E-state index is 0.186. The summed E-state index contributed by atoms with van der Waals surface area (Å²) in [5.41, 5.74) is 1.04. The maximum atomic E-state index is 11.1. The molecule has 0 heterocycles. The zero-order valence-corrected chi connectivity index (χ0v) is 9.40. The second-order valence-electron chi connectivity index (χ2n) is 3.32. The van der Waals surface area contributed by atoms with Gasteiger partial charge in [0.05, 0.1) is 5.75 Å². The summed E-state index contributed by atoms with van der Waals surface area (Å²) >= 11 is 0. The number of hydrogen-bond donors (Lipinski definition) is 2. The molecule has 1 aromatic carbocycles. The van der Waals surface area contributed by atoms with Crippen LogP contribution in [0.2, 0.25) is 0 Å². The number of rotatable bonds is 5. The first-order chi connectivity index (χ1) is 7.49. The summed E-state index contributed by atoms with van der Waals surface area (Å²) in [5.74, 6) is -0.186. The van der Waals surface area contributed by atoms with Crippen LogP contribution in [0.25, 0.3) is 0 Å². The summed E-state index contributed by atoms with van der Waals surface area (Å²) in [7, 11) is -3.70. The van der Waals surface area contributed by atoms with Crippen LogP contribution < -0.4 is 4.72 Å². The molecule has 5 nitrogen and oxygen atoms in total. The highest BCUT2D eigenvalue weighted by Gasteiger charge is 2.12. The number of amides is 1. The second-order valence-corrected chi connectivity index (χ2v) is 5.16. The number of sulfonamides is 1. The number of carboxylic acid groups (broad SMARTS) is 1. The van der Waals surface area contributed by atoms with Crippen LogP contribution in [-0.2, 0) is 16.4 Å². The van der Waals surface area contributed by atoms with E-state index in [0.717, 1.165) is 5.56 Å². The zero-order valence-electron chi connectivity index (χ0n) is 8.59. The van der Waals surface area contributed by atoms with Crippen molar-refractivity contribution in [2.75, 3.05) is 5.75 Å². The zero-order chi connectivity index (χ0) is 12.0. The van der Waals surface area contributed by atoms with Gasteiger partial charge in [0.15, 0.2) is 0 Å². The van der Waals surface area contributed by atoms with E-state index in [-0.39, 0.29) is 5.75 Å². The summed E-state index contributed by atoms with van der Waals surface area (Å²) in [6.07, 6.45) is -0.534. The highest BCUT2D eigenvalue weighted by molar-refractivity contribution is 7.90. The molecule has 6 heteroatoms. The molecule has 88 valence electrons. The Morgan fingerprint density at radius 2 is 1.88 bits per heavy atom. The standard InChI is InChI=1S/C10H13NO4S/c12-10(13)11-16(14,15)8-4-7-9-5-2-1-3-6-9/h1-3,5-6,11H,4,7-8H2,(H,12,13). The van der Waals surface area contributed by atoms with Gasteiger partial charge in [-0.15, -0.1) is 0 Å². The molecule has 16 heavy (non-hydrogen) atoms. The van der Waals surface area contributed by atoms with Crippen molar-refractivity contribution in [2.24, 2.45) is 0 Å². The van der Waals surface area contributed by atoms with Crippen molar-refractivity contribution < 1.29 is 18.3 Å². The van der Waals surface area contributed by atoms with Gasteiger partial charge in [0.2, 0.25) is 10.0 Å². The van der Waals surface area contributed by atoms with Crippen molar-refractivity contribution in [3.05, 3.63) is 35.9 Å². The first-order valence-corrected chi connectivity index (χ1v) is 6.42. The minimum Gasteiger partial charge on any atom is -0.464 e. The minimum atomic E-state index is -3.70. The number of benzene rings is 1. The number of carbonyl (C=O) groups is 1. The van der Waals surface area contributed by atoms with Crippen LogP contribution in [0.1, 0.15) is 12.0 Å². The Kier molecular flexibility index (Phi) is 4.30. The van der Waals surface area contributed by atoms with Gasteiger partial charge in [-0.2, -0.15) is 0 Å². The number of hydrogen-bond acceptors (Lipinski definition) is 3. The highest BCUT2D eigenvalue weighted by Crippen LogP contribution is 2.03. The van der Waals surface area contributed by atoms with E-state index in [4.69, 9.17) is 5.11 Å². The van der Waals surface area contributed by atoms with Crippen molar-refractivity contribution >= 4 is 16.1 Å². The van der Waals surface area contributed by atoms with Crippen molar-refractivity contribution in [3.8, 4) is 0 Å². The molecule has 0 saturated carbocycles. The fraction of sp³-hybridized carbons (Fsp3) is 0.300. The molecule has 0 bridgehead atoms. The first kappa shape index (κ1) is 12.5. The first-order valence-electron chi connectivity index (χ1n) is 4.77. The van der Waals surface area contributed by atoms with Gasteiger partial charge in [0.25, 0.3) is 0 Å². The van der Waals surface area contributed by atoms with E-state index in [1.165, 1.54) is 4.72 Å². The van der Waals surface area contributed by atoms with Gasteiger partial charge in [-0.05, 0) is 18.4 Å². The molecule has 0 aromatic heterocycles. The monoisotopic (exact) mass is 243 g/mol. The van der Waals surface area contributed by atoms with E-state index in [9.17, 15) is 13.2 Å². The molecule has 0 radical (unpaired) electrons. The molecule has 0 saturated heterocycles. The summed E-state index contributed by atoms with van der Waals surface area (Å²) in [6, 6.07) is 9.43. The molecule has 0 spiro atoms. The van der Waals surface area contributed by atoms with Gasteiger partial charge in [-0.3, -0.25) is 0 Å². The Labute approximate surface area is 94.2 Å². The Morgan fingerprint density at radius 1 is 1.25 bits per heavy atom. The van der Waals surface area contributed by atoms with E-state index in [0.29, 0.717) is 12.8 Å². The third-order valence-corrected chi connectivity index (χ3v) is 3.28. The average Bonchev–Trinajstić information content (AvgIpc) is 2.16. The largest absolute Gasteiger partial charge is 0.464 e. The fourth-order valence-electron chi connectivity index (χ4n) is 1.30. The maximum absolute atomic E-state index is 11.1. The topological polar surface area (TPSA) is 83.5 Å². The van der Waals surface area contributed by atoms with Gasteiger partial charge < -0.3 is 5.11 Å². The molecule has 0 aliphatic carbocycles. The second kappa shape index (κ2) is 5.50. The van der Waals surface area contributed by atoms with Crippen LogP contribution in [0.3, 0.4) is 0 Å². The van der Waals surface area contributed by atoms with Crippen LogP contribution in [0.15, 0.2) is 30.3 Å². The molecule has 2 N–H and O–H groups in total. The molecular formula is C10H13NO4S. The van der Waals surface area contributed by atoms with Gasteiger partial charge in [0.1, 0.15) is 0 Å². The van der Waals surface area contributed by atoms with Gasteiger partial charge in [-0.1, -0.05) is 30.3 Å². The summed E-state index contributed by atoms with van der Waals surface area (Å²) in [4.78, 5) is 10.2. The van der Waals surface area contributed by atoms with E-state index >= 15 is 0 Å². The normalized spacial score (nSPS) is 11.0.